The maximum Gasteiger partial charge on any atom is 0.188 e. The van der Waals surface area contributed by atoms with Crippen molar-refractivity contribution in [3.05, 3.63) is 60.4 Å². The number of nitrogens with zero attached hydrogens (tertiary/aromatic N) is 2. The first-order valence-electron chi connectivity index (χ1n) is 8.34. The molecule has 1 aliphatic heterocycles. The molecule has 1 saturated heterocycles. The van der Waals surface area contributed by atoms with E-state index in [0.717, 1.165) is 34.6 Å². The fourth-order valence-electron chi connectivity index (χ4n) is 3.03. The van der Waals surface area contributed by atoms with Crippen molar-refractivity contribution in [1.29, 1.82) is 0 Å². The lowest BCUT2D eigenvalue weighted by molar-refractivity contribution is 0.455. The molecule has 0 spiro atoms. The zero-order chi connectivity index (χ0) is 16.2. The highest BCUT2D eigenvalue weighted by atomic mass is 32.1. The lowest BCUT2D eigenvalue weighted by atomic mass is 9.96. The first-order valence-corrected chi connectivity index (χ1v) is 9.16. The molecule has 0 unspecified atom stereocenters. The molecule has 24 heavy (non-hydrogen) atoms. The van der Waals surface area contributed by atoms with Gasteiger partial charge in [0.25, 0.3) is 0 Å². The number of nitrogens with one attached hydrogen (secondary N) is 2. The van der Waals surface area contributed by atoms with Crippen LogP contribution in [0.3, 0.4) is 0 Å². The van der Waals surface area contributed by atoms with Crippen LogP contribution in [0.2, 0.25) is 0 Å². The zero-order valence-corrected chi connectivity index (χ0v) is 14.2. The first kappa shape index (κ1) is 15.3. The van der Waals surface area contributed by atoms with Crippen LogP contribution in [0.4, 0.5) is 10.9 Å². The third kappa shape index (κ3) is 3.47. The Hall–Kier alpha value is -2.24. The molecule has 1 aromatic carbocycles. The van der Waals surface area contributed by atoms with Crippen molar-refractivity contribution in [2.24, 2.45) is 0 Å². The number of benzene rings is 1. The van der Waals surface area contributed by atoms with Crippen molar-refractivity contribution in [3.8, 4) is 10.4 Å². The number of hydrogen-bond donors (Lipinski definition) is 2. The summed E-state index contributed by atoms with van der Waals surface area (Å²) in [6.07, 6.45) is 4.34. The molecule has 4 rings (SSSR count). The molecule has 122 valence electrons. The average Bonchev–Trinajstić information content (AvgIpc) is 3.12. The predicted molar refractivity (Wildman–Crippen MR) is 99.9 cm³/mol. The third-order valence-electron chi connectivity index (χ3n) is 4.28. The van der Waals surface area contributed by atoms with E-state index in [1.165, 1.54) is 18.4 Å². The molecule has 0 saturated carbocycles. The summed E-state index contributed by atoms with van der Waals surface area (Å²) in [7, 11) is 0. The van der Waals surface area contributed by atoms with Crippen molar-refractivity contribution >= 4 is 22.3 Å². The molecule has 1 aliphatic rings. The van der Waals surface area contributed by atoms with Gasteiger partial charge in [0.05, 0.1) is 4.88 Å². The summed E-state index contributed by atoms with van der Waals surface area (Å²) in [6.45, 7) is 2.14. The van der Waals surface area contributed by atoms with E-state index in [0.29, 0.717) is 5.92 Å². The molecule has 2 aromatic heterocycles. The van der Waals surface area contributed by atoms with Crippen LogP contribution in [-0.2, 0) is 0 Å². The Bertz CT molecular complexity index is 794. The van der Waals surface area contributed by atoms with Gasteiger partial charge in [-0.2, -0.15) is 0 Å². The predicted octanol–water partition coefficient (Wildman–Crippen LogP) is 4.42. The maximum absolute atomic E-state index is 4.79. The number of pyridine rings is 1. The summed E-state index contributed by atoms with van der Waals surface area (Å²) >= 11 is 1.65. The van der Waals surface area contributed by atoms with Gasteiger partial charge in [-0.25, -0.2) is 9.97 Å². The van der Waals surface area contributed by atoms with E-state index in [2.05, 4.69) is 39.9 Å². The summed E-state index contributed by atoms with van der Waals surface area (Å²) in [5, 5.41) is 7.68. The smallest absolute Gasteiger partial charge is 0.188 e. The van der Waals surface area contributed by atoms with Crippen LogP contribution in [0.5, 0.6) is 0 Å². The van der Waals surface area contributed by atoms with Crippen LogP contribution in [0, 0.1) is 0 Å². The van der Waals surface area contributed by atoms with Gasteiger partial charge in [-0.15, -0.1) is 0 Å². The van der Waals surface area contributed by atoms with Gasteiger partial charge in [-0.05, 0) is 37.1 Å². The summed E-state index contributed by atoms with van der Waals surface area (Å²) in [5.41, 5.74) is 2.35. The van der Waals surface area contributed by atoms with E-state index < -0.39 is 0 Å². The highest BCUT2D eigenvalue weighted by molar-refractivity contribution is 7.18. The lowest BCUT2D eigenvalue weighted by Gasteiger charge is -2.22. The van der Waals surface area contributed by atoms with Crippen molar-refractivity contribution in [3.63, 3.8) is 0 Å². The summed E-state index contributed by atoms with van der Waals surface area (Å²) < 4.78 is 0. The normalized spacial score (nSPS) is 17.6. The highest BCUT2D eigenvalue weighted by Crippen LogP contribution is 2.30. The lowest BCUT2D eigenvalue weighted by Crippen LogP contribution is -2.28. The minimum atomic E-state index is 0.511. The van der Waals surface area contributed by atoms with E-state index >= 15 is 0 Å². The van der Waals surface area contributed by atoms with Crippen molar-refractivity contribution in [2.45, 2.75) is 18.8 Å². The van der Waals surface area contributed by atoms with Crippen LogP contribution in [0.15, 0.2) is 54.7 Å². The van der Waals surface area contributed by atoms with Crippen LogP contribution in [-0.4, -0.2) is 23.1 Å². The molecule has 1 atom stereocenters. The number of hydrogen-bond acceptors (Lipinski definition) is 5. The van der Waals surface area contributed by atoms with Crippen LogP contribution in [0.25, 0.3) is 10.4 Å². The minimum Gasteiger partial charge on any atom is -0.316 e. The van der Waals surface area contributed by atoms with E-state index in [-0.39, 0.29) is 0 Å². The van der Waals surface area contributed by atoms with Gasteiger partial charge < -0.3 is 10.6 Å². The molecule has 2 N–H and O–H groups in total. The van der Waals surface area contributed by atoms with Crippen LogP contribution < -0.4 is 10.6 Å². The van der Waals surface area contributed by atoms with E-state index in [9.17, 15) is 0 Å². The van der Waals surface area contributed by atoms with Crippen LogP contribution >= 0.6 is 11.3 Å². The second-order valence-corrected chi connectivity index (χ2v) is 7.04. The quantitative estimate of drug-likeness (QED) is 0.741. The van der Waals surface area contributed by atoms with E-state index in [1.54, 1.807) is 11.3 Å². The summed E-state index contributed by atoms with van der Waals surface area (Å²) in [6, 6.07) is 16.5. The van der Waals surface area contributed by atoms with Gasteiger partial charge in [-0.3, -0.25) is 0 Å². The Morgan fingerprint density at radius 2 is 2.00 bits per heavy atom. The Morgan fingerprint density at radius 1 is 1.08 bits per heavy atom. The number of thiazole rings is 1. The Balaban J connectivity index is 1.50. The molecule has 5 heteroatoms. The Kier molecular flexibility index (Phi) is 4.53. The topological polar surface area (TPSA) is 49.8 Å². The van der Waals surface area contributed by atoms with Crippen LogP contribution in [0.1, 0.15) is 24.5 Å². The molecule has 3 aromatic rings. The summed E-state index contributed by atoms with van der Waals surface area (Å²) in [4.78, 5) is 10.4. The molecule has 0 amide bonds. The largest absolute Gasteiger partial charge is 0.316 e. The standard InChI is InChI=1S/C19H20N4S/c1-2-6-14(7-3-1)17-13-21-19(24-17)23-18-10-4-9-16(22-18)15-8-5-11-20-12-15/h1-4,6-7,9-10,13,15,20H,5,8,11-12H2,(H,21,22,23)/t15-/m1/s1. The fraction of sp³-hybridized carbons (Fsp3) is 0.263. The van der Waals surface area contributed by atoms with Gasteiger partial charge in [0.15, 0.2) is 5.13 Å². The SMILES string of the molecule is c1ccc(-c2cnc(Nc3cccc([C@@H]4CCCNC4)n3)s2)cc1. The molecule has 3 heterocycles. The first-order chi connectivity index (χ1) is 11.9. The van der Waals surface area contributed by atoms with Gasteiger partial charge in [-0.1, -0.05) is 47.7 Å². The fourth-order valence-corrected chi connectivity index (χ4v) is 3.86. The van der Waals surface area contributed by atoms with Gasteiger partial charge >= 0.3 is 0 Å². The van der Waals surface area contributed by atoms with Crippen molar-refractivity contribution in [2.75, 3.05) is 18.4 Å². The highest BCUT2D eigenvalue weighted by Gasteiger charge is 2.16. The third-order valence-corrected chi connectivity index (χ3v) is 5.25. The Morgan fingerprint density at radius 3 is 2.83 bits per heavy atom. The second-order valence-electron chi connectivity index (χ2n) is 6.01. The van der Waals surface area contributed by atoms with Gasteiger partial charge in [0.2, 0.25) is 0 Å². The zero-order valence-electron chi connectivity index (χ0n) is 13.4. The maximum atomic E-state index is 4.79. The minimum absolute atomic E-state index is 0.511. The average molecular weight is 336 g/mol. The number of piperidine rings is 1. The van der Waals surface area contributed by atoms with E-state index in [4.69, 9.17) is 4.98 Å². The second kappa shape index (κ2) is 7.11. The Labute approximate surface area is 146 Å². The summed E-state index contributed by atoms with van der Waals surface area (Å²) in [5.74, 6) is 1.38. The molecule has 0 radical (unpaired) electrons. The molecule has 0 bridgehead atoms. The molecular formula is C19H20N4S. The van der Waals surface area contributed by atoms with E-state index in [1.807, 2.05) is 30.5 Å². The van der Waals surface area contributed by atoms with Crippen molar-refractivity contribution < 1.29 is 0 Å². The monoisotopic (exact) mass is 336 g/mol. The number of aromatic nitrogens is 2. The van der Waals surface area contributed by atoms with Gasteiger partial charge in [0, 0.05) is 24.4 Å². The molecular weight excluding hydrogens is 316 g/mol. The number of anilines is 2. The van der Waals surface area contributed by atoms with Gasteiger partial charge in [0.1, 0.15) is 5.82 Å². The van der Waals surface area contributed by atoms with Crippen molar-refractivity contribution in [1.82, 2.24) is 15.3 Å². The molecule has 1 fully saturated rings. The number of rotatable bonds is 4. The molecule has 4 nitrogen and oxygen atoms in total. The molecule has 0 aliphatic carbocycles.